The lowest BCUT2D eigenvalue weighted by molar-refractivity contribution is 1.22. The van der Waals surface area contributed by atoms with E-state index in [9.17, 15) is 0 Å². The Kier molecular flexibility index (Phi) is 10.2. The first-order chi connectivity index (χ1) is 31.5. The van der Waals surface area contributed by atoms with E-state index >= 15 is 0 Å². The Morgan fingerprint density at radius 3 is 1.38 bits per heavy atom. The molecule has 0 radical (unpaired) electrons. The van der Waals surface area contributed by atoms with Gasteiger partial charge in [-0.2, -0.15) is 0 Å². The van der Waals surface area contributed by atoms with Gasteiger partial charge < -0.3 is 14.7 Å². The Hall–Kier alpha value is -7.92. The second kappa shape index (κ2) is 16.7. The molecule has 0 fully saturated rings. The molecular weight excluding hydrogens is 795 g/mol. The number of hydrogen-bond acceptors (Lipinski definition) is 4. The molecule has 4 heteroatoms. The highest BCUT2D eigenvalue weighted by Gasteiger charge is 2.23. The number of rotatable bonds is 10. The van der Waals surface area contributed by atoms with Crippen LogP contribution in [0, 0.1) is 13.8 Å². The lowest BCUT2D eigenvalue weighted by Gasteiger charge is -2.33. The average Bonchev–Trinajstić information content (AvgIpc) is 3.71. The van der Waals surface area contributed by atoms with Crippen molar-refractivity contribution in [1.29, 1.82) is 0 Å². The Balaban J connectivity index is 1.16. The molecule has 1 heterocycles. The minimum Gasteiger partial charge on any atom is -0.310 e. The van der Waals surface area contributed by atoms with E-state index in [0.29, 0.717) is 0 Å². The van der Waals surface area contributed by atoms with Crippen LogP contribution in [0.2, 0.25) is 0 Å². The summed E-state index contributed by atoms with van der Waals surface area (Å²) in [5.74, 6) is 0. The molecule has 0 N–H and O–H groups in total. The molecule has 64 heavy (non-hydrogen) atoms. The van der Waals surface area contributed by atoms with Gasteiger partial charge in [-0.1, -0.05) is 133 Å². The summed E-state index contributed by atoms with van der Waals surface area (Å²) in [4.78, 5) is 7.20. The molecule has 11 rings (SSSR count). The van der Waals surface area contributed by atoms with E-state index in [1.54, 1.807) is 0 Å². The zero-order chi connectivity index (χ0) is 43.0. The molecule has 1 aromatic heterocycles. The fourth-order valence-electron chi connectivity index (χ4n) is 9.09. The van der Waals surface area contributed by atoms with Crippen LogP contribution in [0.3, 0.4) is 0 Å². The topological polar surface area (TPSA) is 9.72 Å². The monoisotopic (exact) mass is 839 g/mol. The summed E-state index contributed by atoms with van der Waals surface area (Å²) in [5, 5.41) is 4.97. The quantitative estimate of drug-likeness (QED) is 0.136. The molecule has 0 atom stereocenters. The van der Waals surface area contributed by atoms with Crippen LogP contribution >= 0.6 is 11.3 Å². The van der Waals surface area contributed by atoms with Gasteiger partial charge in [-0.05, 0) is 145 Å². The van der Waals surface area contributed by atoms with Crippen molar-refractivity contribution < 1.29 is 0 Å². The van der Waals surface area contributed by atoms with Gasteiger partial charge in [0.2, 0.25) is 0 Å². The van der Waals surface area contributed by atoms with Gasteiger partial charge in [0.15, 0.2) is 0 Å². The fraction of sp³-hybridized carbons (Fsp3) is 0.0333. The average molecular weight is 840 g/mol. The number of benzene rings is 10. The Morgan fingerprint density at radius 2 is 0.750 bits per heavy atom. The Morgan fingerprint density at radius 1 is 0.281 bits per heavy atom. The van der Waals surface area contributed by atoms with Crippen LogP contribution < -0.4 is 14.7 Å². The fourth-order valence-corrected chi connectivity index (χ4v) is 10.2. The molecule has 0 bridgehead atoms. The summed E-state index contributed by atoms with van der Waals surface area (Å²) in [7, 11) is 0. The standard InChI is InChI=1S/C60H45N3S/c1-42-16-13-24-50(36-42)61(47-20-5-3-6-21-47)52-39-53(62(48-22-7-4-8-23-48)51-25-14-17-43(2)37-51)41-54(40-52)63(58-28-15-19-45-18-9-10-26-55(45)58)49-33-30-44(31-34-49)46-32-35-60-57(38-46)56-27-11-12-29-59(56)64-60/h3-41H,1-2H3. The first kappa shape index (κ1) is 39.0. The molecule has 0 amide bonds. The van der Waals surface area contributed by atoms with E-state index in [0.717, 1.165) is 51.2 Å². The number of nitrogens with zero attached hydrogens (tertiary/aromatic N) is 3. The van der Waals surface area contributed by atoms with E-state index in [4.69, 9.17) is 0 Å². The van der Waals surface area contributed by atoms with Gasteiger partial charge in [0.1, 0.15) is 0 Å². The number of para-hydroxylation sites is 2. The third-order valence-corrected chi connectivity index (χ3v) is 13.2. The molecule has 0 aliphatic heterocycles. The number of fused-ring (bicyclic) bond motifs is 4. The van der Waals surface area contributed by atoms with Gasteiger partial charge in [0.05, 0.1) is 22.7 Å². The van der Waals surface area contributed by atoms with Crippen LogP contribution in [0.4, 0.5) is 51.2 Å². The second-order valence-corrected chi connectivity index (χ2v) is 17.5. The molecular formula is C60H45N3S. The van der Waals surface area contributed by atoms with Crippen LogP contribution in [0.5, 0.6) is 0 Å². The molecule has 0 saturated carbocycles. The number of hydrogen-bond donors (Lipinski definition) is 0. The van der Waals surface area contributed by atoms with Crippen molar-refractivity contribution in [2.75, 3.05) is 14.7 Å². The maximum Gasteiger partial charge on any atom is 0.0540 e. The molecule has 3 nitrogen and oxygen atoms in total. The van der Waals surface area contributed by atoms with Crippen molar-refractivity contribution in [2.45, 2.75) is 13.8 Å². The molecule has 0 spiro atoms. The zero-order valence-corrected chi connectivity index (χ0v) is 36.6. The normalized spacial score (nSPS) is 11.3. The molecule has 0 aliphatic rings. The van der Waals surface area contributed by atoms with Crippen molar-refractivity contribution in [3.8, 4) is 11.1 Å². The molecule has 0 unspecified atom stereocenters. The number of aryl methyl sites for hydroxylation is 2. The van der Waals surface area contributed by atoms with E-state index in [-0.39, 0.29) is 0 Å². The Bertz CT molecular complexity index is 3320. The summed E-state index contributed by atoms with van der Waals surface area (Å²) in [6, 6.07) is 86.1. The molecule has 10 aromatic carbocycles. The van der Waals surface area contributed by atoms with Crippen LogP contribution in [-0.4, -0.2) is 0 Å². The van der Waals surface area contributed by atoms with Gasteiger partial charge in [0.25, 0.3) is 0 Å². The third kappa shape index (κ3) is 7.44. The Labute approximate surface area is 379 Å². The molecule has 306 valence electrons. The van der Waals surface area contributed by atoms with E-state index in [1.807, 2.05) is 11.3 Å². The van der Waals surface area contributed by atoms with E-state index in [1.165, 1.54) is 53.2 Å². The number of anilines is 9. The first-order valence-electron chi connectivity index (χ1n) is 21.8. The van der Waals surface area contributed by atoms with Gasteiger partial charge in [-0.25, -0.2) is 0 Å². The minimum atomic E-state index is 1.03. The van der Waals surface area contributed by atoms with Crippen molar-refractivity contribution in [3.63, 3.8) is 0 Å². The predicted octanol–water partition coefficient (Wildman–Crippen LogP) is 17.9. The van der Waals surface area contributed by atoms with E-state index in [2.05, 4.69) is 265 Å². The minimum absolute atomic E-state index is 1.03. The van der Waals surface area contributed by atoms with Gasteiger partial charge >= 0.3 is 0 Å². The van der Waals surface area contributed by atoms with Crippen molar-refractivity contribution >= 4 is 93.5 Å². The van der Waals surface area contributed by atoms with Crippen molar-refractivity contribution in [1.82, 2.24) is 0 Å². The van der Waals surface area contributed by atoms with E-state index < -0.39 is 0 Å². The summed E-state index contributed by atoms with van der Waals surface area (Å²) >= 11 is 1.86. The molecule has 0 saturated heterocycles. The van der Waals surface area contributed by atoms with Crippen LogP contribution in [0.25, 0.3) is 42.1 Å². The maximum absolute atomic E-state index is 2.44. The highest BCUT2D eigenvalue weighted by molar-refractivity contribution is 7.25. The first-order valence-corrected chi connectivity index (χ1v) is 22.6. The van der Waals surface area contributed by atoms with Crippen LogP contribution in [-0.2, 0) is 0 Å². The van der Waals surface area contributed by atoms with Crippen LogP contribution in [0.15, 0.2) is 237 Å². The van der Waals surface area contributed by atoms with Gasteiger partial charge in [-0.15, -0.1) is 11.3 Å². The molecule has 0 aliphatic carbocycles. The van der Waals surface area contributed by atoms with Crippen LogP contribution in [0.1, 0.15) is 11.1 Å². The summed E-state index contributed by atoms with van der Waals surface area (Å²) in [5.41, 5.74) is 14.4. The lowest BCUT2D eigenvalue weighted by atomic mass is 10.0. The maximum atomic E-state index is 2.44. The smallest absolute Gasteiger partial charge is 0.0540 e. The van der Waals surface area contributed by atoms with Crippen molar-refractivity contribution in [3.05, 3.63) is 248 Å². The largest absolute Gasteiger partial charge is 0.310 e. The predicted molar refractivity (Wildman–Crippen MR) is 276 cm³/mol. The SMILES string of the molecule is Cc1cccc(N(c2ccccc2)c2cc(N(c3ccccc3)c3cccc(C)c3)cc(N(c3ccc(-c4ccc5sc6ccccc6c5c4)cc3)c3cccc4ccccc34)c2)c1. The summed E-state index contributed by atoms with van der Waals surface area (Å²) in [6.45, 7) is 4.33. The second-order valence-electron chi connectivity index (χ2n) is 16.4. The lowest BCUT2D eigenvalue weighted by Crippen LogP contribution is -2.16. The van der Waals surface area contributed by atoms with Gasteiger partial charge in [-0.3, -0.25) is 0 Å². The zero-order valence-electron chi connectivity index (χ0n) is 35.8. The van der Waals surface area contributed by atoms with Crippen molar-refractivity contribution in [2.24, 2.45) is 0 Å². The highest BCUT2D eigenvalue weighted by atomic mass is 32.1. The van der Waals surface area contributed by atoms with Gasteiger partial charge in [0, 0.05) is 54.0 Å². The molecule has 11 aromatic rings. The number of thiophene rings is 1. The third-order valence-electron chi connectivity index (χ3n) is 12.1. The summed E-state index contributed by atoms with van der Waals surface area (Å²) in [6.07, 6.45) is 0. The summed E-state index contributed by atoms with van der Waals surface area (Å²) < 4.78 is 2.63. The highest BCUT2D eigenvalue weighted by Crippen LogP contribution is 2.47.